The quantitative estimate of drug-likeness (QED) is 0.751. The summed E-state index contributed by atoms with van der Waals surface area (Å²) in [5.41, 5.74) is -0.569. The topological polar surface area (TPSA) is 50.7 Å². The first-order chi connectivity index (χ1) is 7.79. The fourth-order valence-electron chi connectivity index (χ4n) is 1.55. The average Bonchev–Trinajstić information content (AvgIpc) is 2.70. The lowest BCUT2D eigenvalue weighted by atomic mass is 10.0. The number of benzene rings is 1. The van der Waals surface area contributed by atoms with E-state index in [1.807, 2.05) is 18.2 Å². The smallest absolute Gasteiger partial charge is 0.313 e. The van der Waals surface area contributed by atoms with Crippen molar-refractivity contribution in [1.29, 1.82) is 0 Å². The van der Waals surface area contributed by atoms with Crippen molar-refractivity contribution in [3.8, 4) is 12.3 Å². The zero-order valence-corrected chi connectivity index (χ0v) is 8.51. The van der Waals surface area contributed by atoms with Crippen LogP contribution in [0.3, 0.4) is 0 Å². The van der Waals surface area contributed by atoms with Crippen LogP contribution in [0.2, 0.25) is 0 Å². The molecule has 0 fully saturated rings. The van der Waals surface area contributed by atoms with E-state index in [0.717, 1.165) is 6.40 Å². The molecule has 0 aliphatic carbocycles. The number of nitrogens with zero attached hydrogens (tertiary/aromatic N) is 1. The summed E-state index contributed by atoms with van der Waals surface area (Å²) < 4.78 is 5.29. The van der Waals surface area contributed by atoms with Crippen molar-refractivity contribution in [2.45, 2.75) is 5.72 Å². The molecule has 4 heteroatoms. The third kappa shape index (κ3) is 1.58. The molecule has 2 rings (SSSR count). The van der Waals surface area contributed by atoms with Crippen LogP contribution in [-0.4, -0.2) is 18.9 Å². The molecule has 4 nitrogen and oxygen atoms in total. The number of carbonyl (C=O) groups is 1. The Labute approximate surface area is 93.3 Å². The van der Waals surface area contributed by atoms with Gasteiger partial charge in [0.05, 0.1) is 6.54 Å². The van der Waals surface area contributed by atoms with E-state index in [9.17, 15) is 4.79 Å². The lowest BCUT2D eigenvalue weighted by Crippen LogP contribution is -2.48. The van der Waals surface area contributed by atoms with Crippen LogP contribution in [0.4, 0.5) is 0 Å². The molecular formula is C12H10N2O2. The molecule has 1 aliphatic rings. The lowest BCUT2D eigenvalue weighted by Gasteiger charge is -2.25. The SMILES string of the molecule is C#CCNC1(c2ccccc2)OC=NC1=O. The Morgan fingerprint density at radius 2 is 2.19 bits per heavy atom. The second-order valence-electron chi connectivity index (χ2n) is 3.26. The molecule has 1 heterocycles. The molecule has 1 amide bonds. The van der Waals surface area contributed by atoms with Gasteiger partial charge in [0.25, 0.3) is 5.72 Å². The maximum atomic E-state index is 11.7. The number of rotatable bonds is 3. The molecule has 1 N–H and O–H groups in total. The van der Waals surface area contributed by atoms with Gasteiger partial charge in [0.2, 0.25) is 0 Å². The van der Waals surface area contributed by atoms with Crippen LogP contribution >= 0.6 is 0 Å². The van der Waals surface area contributed by atoms with Gasteiger partial charge in [-0.25, -0.2) is 0 Å². The molecule has 0 bridgehead atoms. The van der Waals surface area contributed by atoms with Crippen LogP contribution in [0.25, 0.3) is 0 Å². The molecule has 1 unspecified atom stereocenters. The van der Waals surface area contributed by atoms with Crippen molar-refractivity contribution in [3.05, 3.63) is 35.9 Å². The summed E-state index contributed by atoms with van der Waals surface area (Å²) in [6.07, 6.45) is 6.31. The summed E-state index contributed by atoms with van der Waals surface area (Å²) in [6, 6.07) is 9.08. The summed E-state index contributed by atoms with van der Waals surface area (Å²) in [5, 5.41) is 2.88. The van der Waals surface area contributed by atoms with E-state index >= 15 is 0 Å². The van der Waals surface area contributed by atoms with Gasteiger partial charge in [-0.2, -0.15) is 4.99 Å². The monoisotopic (exact) mass is 214 g/mol. The molecule has 1 aliphatic heterocycles. The molecule has 16 heavy (non-hydrogen) atoms. The third-order valence-corrected chi connectivity index (χ3v) is 2.32. The van der Waals surface area contributed by atoms with Crippen molar-refractivity contribution in [2.75, 3.05) is 6.54 Å². The normalized spacial score (nSPS) is 22.8. The lowest BCUT2D eigenvalue weighted by molar-refractivity contribution is -0.134. The molecule has 1 aromatic rings. The van der Waals surface area contributed by atoms with Crippen LogP contribution in [0, 0.1) is 12.3 Å². The van der Waals surface area contributed by atoms with Crippen molar-refractivity contribution in [1.82, 2.24) is 5.32 Å². The first-order valence-corrected chi connectivity index (χ1v) is 4.78. The van der Waals surface area contributed by atoms with Gasteiger partial charge in [-0.15, -0.1) is 6.42 Å². The van der Waals surface area contributed by atoms with Gasteiger partial charge in [0.15, 0.2) is 6.40 Å². The molecule has 0 spiro atoms. The predicted molar refractivity (Wildman–Crippen MR) is 59.5 cm³/mol. The van der Waals surface area contributed by atoms with Crippen LogP contribution in [0.1, 0.15) is 5.56 Å². The van der Waals surface area contributed by atoms with Gasteiger partial charge in [0.1, 0.15) is 0 Å². The van der Waals surface area contributed by atoms with Gasteiger partial charge < -0.3 is 4.74 Å². The van der Waals surface area contributed by atoms with Crippen LogP contribution in [-0.2, 0) is 15.3 Å². The summed E-state index contributed by atoms with van der Waals surface area (Å²) in [5.74, 6) is 2.02. The highest BCUT2D eigenvalue weighted by Gasteiger charge is 2.44. The minimum absolute atomic E-state index is 0.226. The Balaban J connectivity index is 2.37. The third-order valence-electron chi connectivity index (χ3n) is 2.32. The number of ether oxygens (including phenoxy) is 1. The molecule has 80 valence electrons. The molecule has 1 atom stereocenters. The Morgan fingerprint density at radius 3 is 2.75 bits per heavy atom. The average molecular weight is 214 g/mol. The standard InChI is InChI=1S/C12H10N2O2/c1-2-8-14-12(11(15)13-9-16-12)10-6-4-3-5-7-10/h1,3-7,9,14H,8H2. The molecule has 0 aromatic heterocycles. The van der Waals surface area contributed by atoms with E-state index in [4.69, 9.17) is 11.2 Å². The fraction of sp³-hybridized carbons (Fsp3) is 0.167. The largest absolute Gasteiger partial charge is 0.448 e. The van der Waals surface area contributed by atoms with E-state index in [1.54, 1.807) is 12.1 Å². The number of amides is 1. The van der Waals surface area contributed by atoms with Crippen molar-refractivity contribution < 1.29 is 9.53 Å². The van der Waals surface area contributed by atoms with E-state index in [0.29, 0.717) is 5.56 Å². The molecule has 0 radical (unpaired) electrons. The van der Waals surface area contributed by atoms with Gasteiger partial charge >= 0.3 is 5.91 Å². The maximum absolute atomic E-state index is 11.7. The Kier molecular flexibility index (Phi) is 2.71. The zero-order valence-electron chi connectivity index (χ0n) is 8.51. The minimum atomic E-state index is -1.26. The van der Waals surface area contributed by atoms with Gasteiger partial charge in [0, 0.05) is 5.56 Å². The number of nitrogens with one attached hydrogen (secondary N) is 1. The maximum Gasteiger partial charge on any atom is 0.313 e. The Hall–Kier alpha value is -2.12. The van der Waals surface area contributed by atoms with E-state index < -0.39 is 11.6 Å². The molecule has 0 saturated carbocycles. The molecular weight excluding hydrogens is 204 g/mol. The van der Waals surface area contributed by atoms with Crippen LogP contribution < -0.4 is 5.32 Å². The van der Waals surface area contributed by atoms with Crippen molar-refractivity contribution >= 4 is 12.3 Å². The minimum Gasteiger partial charge on any atom is -0.448 e. The number of terminal acetylenes is 1. The highest BCUT2D eigenvalue weighted by molar-refractivity contribution is 5.95. The zero-order chi connectivity index (χ0) is 11.4. The molecule has 1 aromatic carbocycles. The summed E-state index contributed by atoms with van der Waals surface area (Å²) >= 11 is 0. The van der Waals surface area contributed by atoms with Crippen molar-refractivity contribution in [3.63, 3.8) is 0 Å². The first kappa shape index (κ1) is 10.4. The Morgan fingerprint density at radius 1 is 1.44 bits per heavy atom. The van der Waals surface area contributed by atoms with Crippen LogP contribution in [0.5, 0.6) is 0 Å². The van der Waals surface area contributed by atoms with E-state index in [-0.39, 0.29) is 6.54 Å². The van der Waals surface area contributed by atoms with E-state index in [1.165, 1.54) is 0 Å². The number of hydrogen-bond donors (Lipinski definition) is 1. The van der Waals surface area contributed by atoms with Crippen LogP contribution in [0.15, 0.2) is 35.3 Å². The summed E-state index contributed by atoms with van der Waals surface area (Å²) in [4.78, 5) is 15.4. The first-order valence-electron chi connectivity index (χ1n) is 4.78. The van der Waals surface area contributed by atoms with Gasteiger partial charge in [-0.1, -0.05) is 36.3 Å². The fourth-order valence-corrected chi connectivity index (χ4v) is 1.55. The second kappa shape index (κ2) is 4.17. The second-order valence-corrected chi connectivity index (χ2v) is 3.26. The number of hydrogen-bond acceptors (Lipinski definition) is 3. The van der Waals surface area contributed by atoms with E-state index in [2.05, 4.69) is 16.2 Å². The summed E-state index contributed by atoms with van der Waals surface area (Å²) in [7, 11) is 0. The summed E-state index contributed by atoms with van der Waals surface area (Å²) in [6.45, 7) is 0.226. The predicted octanol–water partition coefficient (Wildman–Crippen LogP) is 0.647. The van der Waals surface area contributed by atoms with Crippen molar-refractivity contribution in [2.24, 2.45) is 4.99 Å². The van der Waals surface area contributed by atoms with Gasteiger partial charge in [-0.05, 0) is 0 Å². The molecule has 0 saturated heterocycles. The Bertz CT molecular complexity index is 462. The number of aliphatic imine (C=N–C) groups is 1. The highest BCUT2D eigenvalue weighted by atomic mass is 16.5. The van der Waals surface area contributed by atoms with Gasteiger partial charge in [-0.3, -0.25) is 10.1 Å². The highest BCUT2D eigenvalue weighted by Crippen LogP contribution is 2.26. The number of carbonyl (C=O) groups excluding carboxylic acids is 1.